The van der Waals surface area contributed by atoms with Crippen LogP contribution in [0.5, 0.6) is 0 Å². The van der Waals surface area contributed by atoms with E-state index >= 15 is 0 Å². The molecule has 1 spiro atoms. The molecule has 1 fully saturated rings. The van der Waals surface area contributed by atoms with Crippen molar-refractivity contribution in [3.05, 3.63) is 64.8 Å². The summed E-state index contributed by atoms with van der Waals surface area (Å²) in [4.78, 5) is 19.6. The molecular weight excluding hydrogens is 378 g/mol. The average Bonchev–Trinajstić information content (AvgIpc) is 3.18. The number of fused-ring (bicyclic) bond motifs is 3. The SMILES string of the molecule is O=C1Nc2ccccc2C12CCN(c1ccnc3ccc(Br)cc13)C2. The maximum atomic E-state index is 12.8. The van der Waals surface area contributed by atoms with Crippen LogP contribution in [-0.2, 0) is 10.2 Å². The number of anilines is 2. The van der Waals surface area contributed by atoms with Crippen LogP contribution in [0.3, 0.4) is 0 Å². The summed E-state index contributed by atoms with van der Waals surface area (Å²) < 4.78 is 1.03. The summed E-state index contributed by atoms with van der Waals surface area (Å²) in [5.41, 5.74) is 3.75. The van der Waals surface area contributed by atoms with Crippen molar-refractivity contribution in [1.82, 2.24) is 4.98 Å². The second kappa shape index (κ2) is 5.30. The molecule has 1 amide bonds. The summed E-state index contributed by atoms with van der Waals surface area (Å²) in [5, 5.41) is 4.17. The van der Waals surface area contributed by atoms with E-state index in [1.807, 2.05) is 42.6 Å². The lowest BCUT2D eigenvalue weighted by Gasteiger charge is -2.24. The molecule has 0 bridgehead atoms. The van der Waals surface area contributed by atoms with Crippen molar-refractivity contribution < 1.29 is 4.79 Å². The molecule has 1 N–H and O–H groups in total. The minimum absolute atomic E-state index is 0.121. The molecular formula is C20H16BrN3O. The molecule has 2 aliphatic heterocycles. The van der Waals surface area contributed by atoms with Crippen LogP contribution in [0.4, 0.5) is 11.4 Å². The van der Waals surface area contributed by atoms with Gasteiger partial charge >= 0.3 is 0 Å². The number of carbonyl (C=O) groups excluding carboxylic acids is 1. The van der Waals surface area contributed by atoms with Crippen LogP contribution in [0.1, 0.15) is 12.0 Å². The third kappa shape index (κ3) is 2.12. The Morgan fingerprint density at radius 2 is 2.04 bits per heavy atom. The highest BCUT2D eigenvalue weighted by molar-refractivity contribution is 9.10. The number of hydrogen-bond donors (Lipinski definition) is 1. The first-order valence-electron chi connectivity index (χ1n) is 8.38. The molecule has 124 valence electrons. The summed E-state index contributed by atoms with van der Waals surface area (Å²) in [6, 6.07) is 16.2. The maximum Gasteiger partial charge on any atom is 0.236 e. The summed E-state index contributed by atoms with van der Waals surface area (Å²) in [7, 11) is 0. The Kier molecular flexibility index (Phi) is 3.16. The second-order valence-electron chi connectivity index (χ2n) is 6.74. The minimum Gasteiger partial charge on any atom is -0.369 e. The van der Waals surface area contributed by atoms with Crippen molar-refractivity contribution in [2.24, 2.45) is 0 Å². The zero-order valence-electron chi connectivity index (χ0n) is 13.5. The van der Waals surface area contributed by atoms with Crippen LogP contribution in [0, 0.1) is 0 Å². The largest absolute Gasteiger partial charge is 0.369 e. The number of hydrogen-bond acceptors (Lipinski definition) is 3. The molecule has 1 atom stereocenters. The molecule has 3 aromatic rings. The zero-order valence-corrected chi connectivity index (χ0v) is 15.1. The third-order valence-corrected chi connectivity index (χ3v) is 5.91. The minimum atomic E-state index is -0.446. The van der Waals surface area contributed by atoms with Gasteiger partial charge in [-0.1, -0.05) is 34.1 Å². The fourth-order valence-corrected chi connectivity index (χ4v) is 4.54. The fraction of sp³-hybridized carbons (Fsp3) is 0.200. The molecule has 3 heterocycles. The number of benzene rings is 2. The fourth-order valence-electron chi connectivity index (χ4n) is 4.17. The molecule has 2 aliphatic rings. The van der Waals surface area contributed by atoms with Crippen molar-refractivity contribution in [2.45, 2.75) is 11.8 Å². The van der Waals surface area contributed by atoms with Crippen LogP contribution in [0.15, 0.2) is 59.2 Å². The Hall–Kier alpha value is -2.40. The number of nitrogens with one attached hydrogen (secondary N) is 1. The van der Waals surface area contributed by atoms with Crippen molar-refractivity contribution in [1.29, 1.82) is 0 Å². The lowest BCUT2D eigenvalue weighted by atomic mass is 9.81. The van der Waals surface area contributed by atoms with Crippen molar-refractivity contribution in [3.63, 3.8) is 0 Å². The number of nitrogens with zero attached hydrogens (tertiary/aromatic N) is 2. The topological polar surface area (TPSA) is 45.2 Å². The molecule has 0 saturated carbocycles. The number of aromatic nitrogens is 1. The first-order chi connectivity index (χ1) is 12.2. The van der Waals surface area contributed by atoms with E-state index in [1.165, 1.54) is 0 Å². The summed E-state index contributed by atoms with van der Waals surface area (Å²) in [5.74, 6) is 0.121. The Labute approximate surface area is 154 Å². The highest BCUT2D eigenvalue weighted by atomic mass is 79.9. The number of amides is 1. The Morgan fingerprint density at radius 3 is 2.96 bits per heavy atom. The predicted octanol–water partition coefficient (Wildman–Crippen LogP) is 4.10. The van der Waals surface area contributed by atoms with Crippen molar-refractivity contribution in [3.8, 4) is 0 Å². The van der Waals surface area contributed by atoms with E-state index in [9.17, 15) is 4.79 Å². The van der Waals surface area contributed by atoms with E-state index in [2.05, 4.69) is 43.3 Å². The van der Waals surface area contributed by atoms with E-state index in [-0.39, 0.29) is 5.91 Å². The Bertz CT molecular complexity index is 1020. The molecule has 25 heavy (non-hydrogen) atoms. The lowest BCUT2D eigenvalue weighted by molar-refractivity contribution is -0.120. The lowest BCUT2D eigenvalue weighted by Crippen LogP contribution is -2.37. The van der Waals surface area contributed by atoms with E-state index in [0.717, 1.165) is 45.3 Å². The van der Waals surface area contributed by atoms with Crippen LogP contribution >= 0.6 is 15.9 Å². The van der Waals surface area contributed by atoms with Gasteiger partial charge in [-0.15, -0.1) is 0 Å². The number of rotatable bonds is 1. The zero-order chi connectivity index (χ0) is 17.0. The molecule has 5 rings (SSSR count). The maximum absolute atomic E-state index is 12.8. The van der Waals surface area contributed by atoms with Gasteiger partial charge in [0.2, 0.25) is 5.91 Å². The van der Waals surface area contributed by atoms with Crippen molar-refractivity contribution in [2.75, 3.05) is 23.3 Å². The van der Waals surface area contributed by atoms with Crippen LogP contribution in [-0.4, -0.2) is 24.0 Å². The summed E-state index contributed by atoms with van der Waals surface area (Å²) in [6.07, 6.45) is 2.67. The van der Waals surface area contributed by atoms with E-state index in [1.54, 1.807) is 0 Å². The van der Waals surface area contributed by atoms with Crippen LogP contribution in [0.25, 0.3) is 10.9 Å². The Balaban J connectivity index is 1.59. The van der Waals surface area contributed by atoms with Gasteiger partial charge in [-0.25, -0.2) is 0 Å². The molecule has 1 aromatic heterocycles. The molecule has 4 nitrogen and oxygen atoms in total. The van der Waals surface area contributed by atoms with Crippen LogP contribution in [0.2, 0.25) is 0 Å². The highest BCUT2D eigenvalue weighted by Crippen LogP contribution is 2.45. The van der Waals surface area contributed by atoms with E-state index < -0.39 is 5.41 Å². The normalized spacial score (nSPS) is 21.8. The summed E-state index contributed by atoms with van der Waals surface area (Å²) >= 11 is 3.56. The highest BCUT2D eigenvalue weighted by Gasteiger charge is 2.51. The molecule has 1 saturated heterocycles. The predicted molar refractivity (Wildman–Crippen MR) is 103 cm³/mol. The van der Waals surface area contributed by atoms with Crippen molar-refractivity contribution >= 4 is 44.1 Å². The van der Waals surface area contributed by atoms with Gasteiger partial charge in [0, 0.05) is 40.5 Å². The van der Waals surface area contributed by atoms with Gasteiger partial charge in [-0.2, -0.15) is 0 Å². The van der Waals surface area contributed by atoms with E-state index in [0.29, 0.717) is 6.54 Å². The standard InChI is InChI=1S/C20H16BrN3O/c21-13-5-6-16-14(11-13)18(7-9-22-16)24-10-8-20(12-24)15-3-1-2-4-17(15)23-19(20)25/h1-7,9,11H,8,10,12H2,(H,23,25). The molecule has 0 radical (unpaired) electrons. The third-order valence-electron chi connectivity index (χ3n) is 5.42. The van der Waals surface area contributed by atoms with Gasteiger partial charge in [0.1, 0.15) is 0 Å². The van der Waals surface area contributed by atoms with E-state index in [4.69, 9.17) is 0 Å². The number of para-hydroxylation sites is 1. The van der Waals surface area contributed by atoms with Gasteiger partial charge in [0.25, 0.3) is 0 Å². The van der Waals surface area contributed by atoms with Crippen LogP contribution < -0.4 is 10.2 Å². The van der Waals surface area contributed by atoms with Gasteiger partial charge in [-0.3, -0.25) is 9.78 Å². The monoisotopic (exact) mass is 393 g/mol. The first kappa shape index (κ1) is 14.9. The first-order valence-corrected chi connectivity index (χ1v) is 9.17. The van der Waals surface area contributed by atoms with Gasteiger partial charge in [0.05, 0.1) is 10.9 Å². The van der Waals surface area contributed by atoms with Gasteiger partial charge < -0.3 is 10.2 Å². The van der Waals surface area contributed by atoms with Gasteiger partial charge in [0.15, 0.2) is 0 Å². The number of pyridine rings is 1. The van der Waals surface area contributed by atoms with Gasteiger partial charge in [-0.05, 0) is 42.3 Å². The average molecular weight is 394 g/mol. The molecule has 0 aliphatic carbocycles. The molecule has 1 unspecified atom stereocenters. The Morgan fingerprint density at radius 1 is 1.16 bits per heavy atom. The summed E-state index contributed by atoms with van der Waals surface area (Å²) in [6.45, 7) is 1.55. The number of halogens is 1. The smallest absolute Gasteiger partial charge is 0.236 e. The second-order valence-corrected chi connectivity index (χ2v) is 7.66. The number of carbonyl (C=O) groups is 1. The molecule has 5 heteroatoms. The molecule has 2 aromatic carbocycles. The quantitative estimate of drug-likeness (QED) is 0.676.